The molecule has 1 rings (SSSR count). The Morgan fingerprint density at radius 3 is 2.68 bits per heavy atom. The minimum Gasteiger partial charge on any atom is -0.357 e. The first-order chi connectivity index (χ1) is 9.21. The quantitative estimate of drug-likeness (QED) is 0.552. The number of hydrogen-bond acceptors (Lipinski definition) is 4. The van der Waals surface area contributed by atoms with Gasteiger partial charge < -0.3 is 15.5 Å². The van der Waals surface area contributed by atoms with E-state index in [4.69, 9.17) is 0 Å². The summed E-state index contributed by atoms with van der Waals surface area (Å²) < 4.78 is 0. The number of pyridine rings is 1. The molecule has 0 unspecified atom stereocenters. The van der Waals surface area contributed by atoms with E-state index in [-0.39, 0.29) is 12.5 Å². The van der Waals surface area contributed by atoms with Crippen LogP contribution in [0.1, 0.15) is 13.8 Å². The lowest BCUT2D eigenvalue weighted by Gasteiger charge is -2.19. The molecule has 1 aromatic rings. The van der Waals surface area contributed by atoms with Crippen LogP contribution < -0.4 is 15.5 Å². The summed E-state index contributed by atoms with van der Waals surface area (Å²) in [6.07, 6.45) is 3.40. The molecule has 2 N–H and O–H groups in total. The fourth-order valence-corrected chi connectivity index (χ4v) is 1.69. The molecule has 0 saturated carbocycles. The third-order valence-corrected chi connectivity index (χ3v) is 2.69. The summed E-state index contributed by atoms with van der Waals surface area (Å²) in [6.45, 7) is 10.5. The van der Waals surface area contributed by atoms with Crippen molar-refractivity contribution in [2.24, 2.45) is 0 Å². The van der Waals surface area contributed by atoms with Crippen LogP contribution in [0.3, 0.4) is 0 Å². The molecule has 0 aliphatic heterocycles. The average Bonchev–Trinajstić information content (AvgIpc) is 2.42. The van der Waals surface area contributed by atoms with Crippen LogP contribution >= 0.6 is 0 Å². The summed E-state index contributed by atoms with van der Waals surface area (Å²) in [4.78, 5) is 18.1. The second-order valence-electron chi connectivity index (χ2n) is 4.05. The van der Waals surface area contributed by atoms with Crippen LogP contribution in [0.4, 0.5) is 11.5 Å². The lowest BCUT2D eigenvalue weighted by molar-refractivity contribution is -0.115. The Kier molecular flexibility index (Phi) is 6.60. The Labute approximate surface area is 114 Å². The van der Waals surface area contributed by atoms with E-state index in [9.17, 15) is 4.79 Å². The monoisotopic (exact) mass is 262 g/mol. The Morgan fingerprint density at radius 1 is 1.42 bits per heavy atom. The summed E-state index contributed by atoms with van der Waals surface area (Å²) in [5, 5.41) is 5.73. The molecule has 0 aromatic carbocycles. The third kappa shape index (κ3) is 5.09. The molecule has 0 spiro atoms. The number of amides is 1. The number of nitrogens with zero attached hydrogens (tertiary/aromatic N) is 2. The highest BCUT2D eigenvalue weighted by Gasteiger charge is 2.05. The third-order valence-electron chi connectivity index (χ3n) is 2.69. The molecule has 0 bridgehead atoms. The van der Waals surface area contributed by atoms with E-state index in [2.05, 4.69) is 40.9 Å². The number of aromatic nitrogens is 1. The number of anilines is 2. The zero-order chi connectivity index (χ0) is 14.1. The number of hydrogen-bond donors (Lipinski definition) is 2. The summed E-state index contributed by atoms with van der Waals surface area (Å²) in [6, 6.07) is 3.78. The molecular formula is C14H22N4O. The van der Waals surface area contributed by atoms with Crippen LogP contribution in [0, 0.1) is 0 Å². The van der Waals surface area contributed by atoms with Gasteiger partial charge in [0.2, 0.25) is 5.91 Å². The van der Waals surface area contributed by atoms with Crippen molar-refractivity contribution in [2.75, 3.05) is 36.4 Å². The van der Waals surface area contributed by atoms with Gasteiger partial charge in [-0.05, 0) is 26.0 Å². The predicted molar refractivity (Wildman–Crippen MR) is 79.5 cm³/mol. The van der Waals surface area contributed by atoms with Crippen LogP contribution in [-0.4, -0.2) is 37.1 Å². The van der Waals surface area contributed by atoms with Gasteiger partial charge in [-0.25, -0.2) is 4.98 Å². The summed E-state index contributed by atoms with van der Waals surface area (Å²) >= 11 is 0. The van der Waals surface area contributed by atoms with Crippen LogP contribution in [0.2, 0.25) is 0 Å². The van der Waals surface area contributed by atoms with Gasteiger partial charge in [0.1, 0.15) is 5.82 Å². The largest absolute Gasteiger partial charge is 0.357 e. The lowest BCUT2D eigenvalue weighted by Crippen LogP contribution is -2.28. The van der Waals surface area contributed by atoms with E-state index in [1.165, 1.54) is 0 Å². The number of rotatable bonds is 8. The smallest absolute Gasteiger partial charge is 0.238 e. The summed E-state index contributed by atoms with van der Waals surface area (Å²) in [5.41, 5.74) is 0.710. The summed E-state index contributed by atoms with van der Waals surface area (Å²) in [7, 11) is 0. The van der Waals surface area contributed by atoms with Crippen LogP contribution in [0.15, 0.2) is 31.0 Å². The van der Waals surface area contributed by atoms with Crippen LogP contribution in [0.5, 0.6) is 0 Å². The van der Waals surface area contributed by atoms with Crippen LogP contribution in [0.25, 0.3) is 0 Å². The van der Waals surface area contributed by atoms with Gasteiger partial charge in [-0.15, -0.1) is 6.58 Å². The SMILES string of the molecule is C=CCNCC(=O)Nc1ccc(N(CC)CC)nc1. The Balaban J connectivity index is 2.52. The zero-order valence-corrected chi connectivity index (χ0v) is 11.6. The Morgan fingerprint density at radius 2 is 2.16 bits per heavy atom. The van der Waals surface area contributed by atoms with Crippen molar-refractivity contribution in [3.05, 3.63) is 31.0 Å². The van der Waals surface area contributed by atoms with Crippen molar-refractivity contribution in [1.82, 2.24) is 10.3 Å². The lowest BCUT2D eigenvalue weighted by atomic mass is 10.3. The molecule has 0 atom stereocenters. The molecule has 1 aromatic heterocycles. The number of carbonyl (C=O) groups excluding carboxylic acids is 1. The minimum atomic E-state index is -0.0840. The van der Waals surface area contributed by atoms with Gasteiger partial charge in [0.25, 0.3) is 0 Å². The molecular weight excluding hydrogens is 240 g/mol. The fourth-order valence-electron chi connectivity index (χ4n) is 1.69. The topological polar surface area (TPSA) is 57.3 Å². The van der Waals surface area contributed by atoms with Gasteiger partial charge in [-0.3, -0.25) is 4.79 Å². The standard InChI is InChI=1S/C14H22N4O/c1-4-9-15-11-14(19)17-12-7-8-13(16-10-12)18(5-2)6-3/h4,7-8,10,15H,1,5-6,9,11H2,2-3H3,(H,17,19). The molecule has 1 amide bonds. The van der Waals surface area contributed by atoms with Crippen LogP contribution in [-0.2, 0) is 4.79 Å². The van der Waals surface area contributed by atoms with E-state index >= 15 is 0 Å². The second-order valence-corrected chi connectivity index (χ2v) is 4.05. The van der Waals surface area contributed by atoms with E-state index in [1.807, 2.05) is 12.1 Å². The van der Waals surface area contributed by atoms with Crippen molar-refractivity contribution >= 4 is 17.4 Å². The normalized spacial score (nSPS) is 10.0. The van der Waals surface area contributed by atoms with Crippen molar-refractivity contribution in [3.63, 3.8) is 0 Å². The van der Waals surface area contributed by atoms with Crippen molar-refractivity contribution in [3.8, 4) is 0 Å². The molecule has 5 heteroatoms. The molecule has 104 valence electrons. The molecule has 0 aliphatic rings. The molecule has 1 heterocycles. The van der Waals surface area contributed by atoms with Gasteiger partial charge in [0.05, 0.1) is 18.4 Å². The fraction of sp³-hybridized carbons (Fsp3) is 0.429. The first kappa shape index (κ1) is 15.2. The predicted octanol–water partition coefficient (Wildman–Crippen LogP) is 1.64. The average molecular weight is 262 g/mol. The molecule has 0 saturated heterocycles. The van der Waals surface area contributed by atoms with Gasteiger partial charge in [0.15, 0.2) is 0 Å². The van der Waals surface area contributed by atoms with E-state index < -0.39 is 0 Å². The van der Waals surface area contributed by atoms with Gasteiger partial charge in [-0.1, -0.05) is 6.08 Å². The molecule has 5 nitrogen and oxygen atoms in total. The Hall–Kier alpha value is -1.88. The molecule has 0 fully saturated rings. The first-order valence-electron chi connectivity index (χ1n) is 6.53. The minimum absolute atomic E-state index is 0.0840. The first-order valence-corrected chi connectivity index (χ1v) is 6.53. The zero-order valence-electron chi connectivity index (χ0n) is 11.6. The highest BCUT2D eigenvalue weighted by molar-refractivity contribution is 5.92. The van der Waals surface area contributed by atoms with Gasteiger partial charge >= 0.3 is 0 Å². The van der Waals surface area contributed by atoms with Crippen molar-refractivity contribution < 1.29 is 4.79 Å². The number of carbonyl (C=O) groups is 1. The maximum atomic E-state index is 11.6. The highest BCUT2D eigenvalue weighted by atomic mass is 16.1. The Bertz CT molecular complexity index is 398. The van der Waals surface area contributed by atoms with Gasteiger partial charge in [-0.2, -0.15) is 0 Å². The van der Waals surface area contributed by atoms with E-state index in [1.54, 1.807) is 12.3 Å². The van der Waals surface area contributed by atoms with Crippen molar-refractivity contribution in [1.29, 1.82) is 0 Å². The summed E-state index contributed by atoms with van der Waals surface area (Å²) in [5.74, 6) is 0.840. The number of nitrogens with one attached hydrogen (secondary N) is 2. The maximum absolute atomic E-state index is 11.6. The van der Waals surface area contributed by atoms with Gasteiger partial charge in [0, 0.05) is 19.6 Å². The molecule has 0 radical (unpaired) electrons. The van der Waals surface area contributed by atoms with E-state index in [0.717, 1.165) is 18.9 Å². The maximum Gasteiger partial charge on any atom is 0.238 e. The second kappa shape index (κ2) is 8.26. The van der Waals surface area contributed by atoms with Crippen molar-refractivity contribution in [2.45, 2.75) is 13.8 Å². The molecule has 19 heavy (non-hydrogen) atoms. The van der Waals surface area contributed by atoms with E-state index in [0.29, 0.717) is 12.2 Å². The highest BCUT2D eigenvalue weighted by Crippen LogP contribution is 2.13. The molecule has 0 aliphatic carbocycles.